The molecule has 2 aromatic rings. The second-order valence-corrected chi connectivity index (χ2v) is 9.45. The zero-order valence-corrected chi connectivity index (χ0v) is 16.7. The second-order valence-electron chi connectivity index (χ2n) is 9.45. The fourth-order valence-corrected chi connectivity index (χ4v) is 4.82. The van der Waals surface area contributed by atoms with Gasteiger partial charge in [0.2, 0.25) is 0 Å². The maximum absolute atomic E-state index is 13.1. The zero-order chi connectivity index (χ0) is 20.4. The SMILES string of the molecule is CC1(C)CC(=O)C(=C2Cc3c([n+](=O)c4ccccc4n3[O-])C(C)(C)C2)C(=O)C1. The lowest BCUT2D eigenvalue weighted by molar-refractivity contribution is -0.482. The number of benzene rings is 1. The summed E-state index contributed by atoms with van der Waals surface area (Å²) in [4.78, 5) is 38.6. The van der Waals surface area contributed by atoms with Crippen LogP contribution in [0, 0.1) is 15.5 Å². The third-order valence-electron chi connectivity index (χ3n) is 5.91. The number of nitrogens with zero attached hydrogens (tertiary/aromatic N) is 2. The predicted molar refractivity (Wildman–Crippen MR) is 105 cm³/mol. The molecule has 6 nitrogen and oxygen atoms in total. The number of Topliss-reactive ketones (excluding diaryl/α,β-unsaturated/α-hetero) is 2. The van der Waals surface area contributed by atoms with Crippen molar-refractivity contribution in [1.29, 1.82) is 0 Å². The number of hydrogen-bond donors (Lipinski definition) is 0. The van der Waals surface area contributed by atoms with Crippen molar-refractivity contribution < 1.29 is 14.0 Å². The van der Waals surface area contributed by atoms with Crippen LogP contribution in [-0.2, 0) is 21.4 Å². The van der Waals surface area contributed by atoms with Gasteiger partial charge in [-0.2, -0.15) is 0 Å². The average Bonchev–Trinajstić information content (AvgIpc) is 2.56. The molecule has 2 aliphatic rings. The van der Waals surface area contributed by atoms with E-state index in [-0.39, 0.29) is 29.0 Å². The van der Waals surface area contributed by atoms with Gasteiger partial charge in [-0.3, -0.25) is 9.59 Å². The van der Waals surface area contributed by atoms with E-state index >= 15 is 0 Å². The van der Waals surface area contributed by atoms with E-state index in [2.05, 4.69) is 0 Å². The lowest BCUT2D eigenvalue weighted by atomic mass is 9.68. The number of para-hydroxylation sites is 2. The molecular formula is C22H24N2O4. The van der Waals surface area contributed by atoms with E-state index in [4.69, 9.17) is 0 Å². The van der Waals surface area contributed by atoms with Crippen LogP contribution in [0.1, 0.15) is 58.3 Å². The van der Waals surface area contributed by atoms with Crippen molar-refractivity contribution in [3.05, 3.63) is 56.9 Å². The number of fused-ring (bicyclic) bond motifs is 2. The highest BCUT2D eigenvalue weighted by atomic mass is 16.5. The summed E-state index contributed by atoms with van der Waals surface area (Å²) in [6, 6.07) is 6.70. The summed E-state index contributed by atoms with van der Waals surface area (Å²) in [7, 11) is 0. The minimum atomic E-state index is -0.665. The van der Waals surface area contributed by atoms with E-state index < -0.39 is 5.41 Å². The maximum Gasteiger partial charge on any atom is 0.286 e. The predicted octanol–water partition coefficient (Wildman–Crippen LogP) is 3.38. The van der Waals surface area contributed by atoms with Gasteiger partial charge in [0.15, 0.2) is 11.6 Å². The Morgan fingerprint density at radius 1 is 1.00 bits per heavy atom. The molecule has 0 atom stereocenters. The number of carbonyl (C=O) groups is 2. The van der Waals surface area contributed by atoms with Gasteiger partial charge in [-0.15, -0.1) is 0 Å². The third-order valence-corrected chi connectivity index (χ3v) is 5.91. The van der Waals surface area contributed by atoms with Gasteiger partial charge in [-0.25, -0.2) is 0 Å². The standard InChI is InChI=1S/C22H24N2O4/c1-21(2)11-17(25)19(18(26)12-21)13-9-16-20(22(3,4)10-13)24(28)15-8-6-5-7-14(15)23(16)27/h5-8H,9-12H2,1-4H3. The molecule has 0 radical (unpaired) electrons. The molecule has 0 aliphatic heterocycles. The quantitative estimate of drug-likeness (QED) is 0.398. The molecule has 0 N–H and O–H groups in total. The summed E-state index contributed by atoms with van der Waals surface area (Å²) in [6.45, 7) is 7.61. The molecule has 0 unspecified atom stereocenters. The fraction of sp³-hybridized carbons (Fsp3) is 0.455. The number of rotatable bonds is 0. The van der Waals surface area contributed by atoms with E-state index in [1.807, 2.05) is 27.7 Å². The third kappa shape index (κ3) is 2.70. The van der Waals surface area contributed by atoms with Crippen LogP contribution in [0.15, 0.2) is 35.4 Å². The summed E-state index contributed by atoms with van der Waals surface area (Å²) in [5, 5.41) is 13.1. The first-order chi connectivity index (χ1) is 13.0. The number of ketones is 2. The molecule has 0 spiro atoms. The lowest BCUT2D eigenvalue weighted by Gasteiger charge is -2.35. The number of aromatic nitrogens is 2. The van der Waals surface area contributed by atoms with Crippen molar-refractivity contribution >= 4 is 22.6 Å². The smallest absolute Gasteiger partial charge is 0.286 e. The van der Waals surface area contributed by atoms with Crippen LogP contribution in [0.25, 0.3) is 11.0 Å². The first-order valence-corrected chi connectivity index (χ1v) is 9.57. The van der Waals surface area contributed by atoms with Crippen molar-refractivity contribution in [2.45, 2.75) is 58.8 Å². The van der Waals surface area contributed by atoms with E-state index in [0.717, 1.165) is 9.16 Å². The van der Waals surface area contributed by atoms with Gasteiger partial charge in [-0.1, -0.05) is 26.0 Å². The summed E-state index contributed by atoms with van der Waals surface area (Å²) in [5.74, 6) is -0.299. The Morgan fingerprint density at radius 2 is 1.61 bits per heavy atom. The molecule has 0 saturated heterocycles. The summed E-state index contributed by atoms with van der Waals surface area (Å²) < 4.78 is 1.64. The Labute approximate surface area is 163 Å². The first-order valence-electron chi connectivity index (χ1n) is 9.57. The summed E-state index contributed by atoms with van der Waals surface area (Å²) in [5.41, 5.74) is 1.30. The van der Waals surface area contributed by atoms with Crippen LogP contribution in [0.3, 0.4) is 0 Å². The molecule has 28 heavy (non-hydrogen) atoms. The van der Waals surface area contributed by atoms with Gasteiger partial charge in [-0.05, 0) is 37.3 Å². The molecule has 146 valence electrons. The molecule has 4 rings (SSSR count). The Balaban J connectivity index is 1.96. The Kier molecular flexibility index (Phi) is 3.90. The topological polar surface area (TPSA) is 85.1 Å². The van der Waals surface area contributed by atoms with E-state index in [9.17, 15) is 19.7 Å². The van der Waals surface area contributed by atoms with E-state index in [0.29, 0.717) is 47.3 Å². The van der Waals surface area contributed by atoms with E-state index in [1.54, 1.807) is 24.3 Å². The fourth-order valence-electron chi connectivity index (χ4n) is 4.82. The van der Waals surface area contributed by atoms with E-state index in [1.165, 1.54) is 0 Å². The molecule has 1 fully saturated rings. The minimum Gasteiger partial charge on any atom is -0.805 e. The molecule has 1 heterocycles. The Bertz CT molecular complexity index is 1110. The molecular weight excluding hydrogens is 356 g/mol. The van der Waals surface area contributed by atoms with Crippen molar-refractivity contribution in [3.63, 3.8) is 0 Å². The van der Waals surface area contributed by atoms with Crippen LogP contribution in [0.4, 0.5) is 0 Å². The van der Waals surface area contributed by atoms with Crippen LogP contribution in [0.2, 0.25) is 0 Å². The molecule has 0 bridgehead atoms. The van der Waals surface area contributed by atoms with Crippen molar-refractivity contribution in [1.82, 2.24) is 4.73 Å². The zero-order valence-electron chi connectivity index (χ0n) is 16.7. The van der Waals surface area contributed by atoms with Gasteiger partial charge in [0.1, 0.15) is 5.52 Å². The maximum atomic E-state index is 13.1. The van der Waals surface area contributed by atoms with Crippen molar-refractivity contribution in [3.8, 4) is 0 Å². The average molecular weight is 380 g/mol. The monoisotopic (exact) mass is 380 g/mol. The van der Waals surface area contributed by atoms with Gasteiger partial charge in [0, 0.05) is 30.2 Å². The summed E-state index contributed by atoms with van der Waals surface area (Å²) >= 11 is 0. The number of allylic oxidation sites excluding steroid dienone is 2. The minimum absolute atomic E-state index is 0.149. The van der Waals surface area contributed by atoms with Crippen LogP contribution < -0.4 is 4.43 Å². The first kappa shape index (κ1) is 18.6. The molecule has 2 aliphatic carbocycles. The molecule has 0 amide bonds. The normalized spacial score (nSPS) is 21.1. The van der Waals surface area contributed by atoms with Gasteiger partial charge in [0.25, 0.3) is 11.2 Å². The van der Waals surface area contributed by atoms with Gasteiger partial charge < -0.3 is 9.94 Å². The molecule has 1 aromatic heterocycles. The highest BCUT2D eigenvalue weighted by molar-refractivity contribution is 6.22. The van der Waals surface area contributed by atoms with Crippen LogP contribution >= 0.6 is 0 Å². The Morgan fingerprint density at radius 3 is 2.25 bits per heavy atom. The van der Waals surface area contributed by atoms with Crippen molar-refractivity contribution in [2.24, 2.45) is 5.41 Å². The summed E-state index contributed by atoms with van der Waals surface area (Å²) in [6.07, 6.45) is 1.21. The second kappa shape index (κ2) is 5.87. The highest BCUT2D eigenvalue weighted by Gasteiger charge is 2.45. The number of carbonyl (C=O) groups excluding carboxylic acids is 2. The van der Waals surface area contributed by atoms with Gasteiger partial charge in [0.05, 0.1) is 21.1 Å². The van der Waals surface area contributed by atoms with Crippen LogP contribution in [0.5, 0.6) is 0 Å². The largest absolute Gasteiger partial charge is 0.805 e. The highest BCUT2D eigenvalue weighted by Crippen LogP contribution is 2.42. The number of hydrogen-bond acceptors (Lipinski definition) is 4. The molecule has 1 aromatic carbocycles. The van der Waals surface area contributed by atoms with Gasteiger partial charge >= 0.3 is 0 Å². The molecule has 6 heteroatoms. The lowest BCUT2D eigenvalue weighted by Crippen LogP contribution is -2.42. The molecule has 1 saturated carbocycles. The van der Waals surface area contributed by atoms with Crippen molar-refractivity contribution in [2.75, 3.05) is 0 Å². The Hall–Kier alpha value is -2.76. The van der Waals surface area contributed by atoms with Crippen LogP contribution in [-0.4, -0.2) is 16.3 Å².